The monoisotopic (exact) mass is 454 g/mol. The van der Waals surface area contributed by atoms with E-state index in [4.69, 9.17) is 33.3 Å². The molecule has 0 fully saturated rings. The van der Waals surface area contributed by atoms with E-state index in [0.29, 0.717) is 34.4 Å². The van der Waals surface area contributed by atoms with Gasteiger partial charge in [-0.25, -0.2) is 4.68 Å². The average Bonchev–Trinajstić information content (AvgIpc) is 3.04. The fourth-order valence-corrected chi connectivity index (χ4v) is 3.14. The predicted molar refractivity (Wildman–Crippen MR) is 107 cm³/mol. The number of benzene rings is 2. The third-order valence-corrected chi connectivity index (χ3v) is 4.87. The Morgan fingerprint density at radius 1 is 1.31 bits per heavy atom. The summed E-state index contributed by atoms with van der Waals surface area (Å²) in [7, 11) is 1.61. The van der Waals surface area contributed by atoms with Crippen LogP contribution in [0.1, 0.15) is 11.1 Å². The van der Waals surface area contributed by atoms with Gasteiger partial charge in [0.2, 0.25) is 4.77 Å². The molecule has 9 heteroatoms. The SMILES string of the molecule is COc1cc(CNn2cn[nH]c2=S)c(Br)cc1OCc1cccc(Cl)c1. The lowest BCUT2D eigenvalue weighted by atomic mass is 10.2. The molecule has 0 aliphatic heterocycles. The van der Waals surface area contributed by atoms with Crippen molar-refractivity contribution in [2.75, 3.05) is 12.5 Å². The molecule has 1 heterocycles. The molecule has 0 radical (unpaired) electrons. The number of methoxy groups -OCH3 is 1. The molecule has 3 rings (SSSR count). The average molecular weight is 456 g/mol. The third kappa shape index (κ3) is 4.57. The number of aromatic nitrogens is 3. The Labute approximate surface area is 169 Å². The van der Waals surface area contributed by atoms with Crippen molar-refractivity contribution in [3.05, 3.63) is 68.1 Å². The van der Waals surface area contributed by atoms with Gasteiger partial charge in [-0.05, 0) is 47.6 Å². The second-order valence-electron chi connectivity index (χ2n) is 5.38. The van der Waals surface area contributed by atoms with Crippen LogP contribution >= 0.6 is 39.7 Å². The number of hydrogen-bond donors (Lipinski definition) is 2. The zero-order chi connectivity index (χ0) is 18.5. The van der Waals surface area contributed by atoms with Crippen LogP contribution in [-0.4, -0.2) is 22.0 Å². The Morgan fingerprint density at radius 3 is 2.85 bits per heavy atom. The van der Waals surface area contributed by atoms with Gasteiger partial charge in [0.25, 0.3) is 0 Å². The molecule has 6 nitrogen and oxygen atoms in total. The highest BCUT2D eigenvalue weighted by Gasteiger charge is 2.11. The Morgan fingerprint density at radius 2 is 2.15 bits per heavy atom. The largest absolute Gasteiger partial charge is 0.493 e. The summed E-state index contributed by atoms with van der Waals surface area (Å²) < 4.78 is 14.4. The lowest BCUT2D eigenvalue weighted by Crippen LogP contribution is -2.14. The first-order valence-corrected chi connectivity index (χ1v) is 9.24. The van der Waals surface area contributed by atoms with Gasteiger partial charge >= 0.3 is 0 Å². The molecule has 0 spiro atoms. The van der Waals surface area contributed by atoms with Crippen LogP contribution < -0.4 is 14.9 Å². The maximum atomic E-state index is 6.01. The molecule has 1 aromatic heterocycles. The van der Waals surface area contributed by atoms with Crippen LogP contribution in [0.2, 0.25) is 5.02 Å². The van der Waals surface area contributed by atoms with E-state index in [0.717, 1.165) is 15.6 Å². The van der Waals surface area contributed by atoms with Crippen LogP contribution in [0, 0.1) is 4.77 Å². The first-order valence-electron chi connectivity index (χ1n) is 7.66. The lowest BCUT2D eigenvalue weighted by Gasteiger charge is -2.15. The molecule has 26 heavy (non-hydrogen) atoms. The first kappa shape index (κ1) is 18.8. The van der Waals surface area contributed by atoms with E-state index in [9.17, 15) is 0 Å². The van der Waals surface area contributed by atoms with Gasteiger partial charge in [0, 0.05) is 9.50 Å². The molecular formula is C17H16BrClN4O2S. The fraction of sp³-hybridized carbons (Fsp3) is 0.176. The van der Waals surface area contributed by atoms with Crippen molar-refractivity contribution < 1.29 is 9.47 Å². The van der Waals surface area contributed by atoms with Gasteiger partial charge in [-0.2, -0.15) is 5.10 Å². The van der Waals surface area contributed by atoms with Crippen LogP contribution in [0.3, 0.4) is 0 Å². The maximum Gasteiger partial charge on any atom is 0.214 e. The number of ether oxygens (including phenoxy) is 2. The van der Waals surface area contributed by atoms with Crippen LogP contribution in [0.4, 0.5) is 0 Å². The van der Waals surface area contributed by atoms with Crippen molar-refractivity contribution in [2.24, 2.45) is 0 Å². The molecular weight excluding hydrogens is 440 g/mol. The van der Waals surface area contributed by atoms with Gasteiger partial charge in [0.15, 0.2) is 11.5 Å². The van der Waals surface area contributed by atoms with Gasteiger partial charge in [0.05, 0.1) is 13.7 Å². The number of halogens is 2. The second kappa shape index (κ2) is 8.57. The maximum absolute atomic E-state index is 6.01. The van der Waals surface area contributed by atoms with Crippen molar-refractivity contribution in [2.45, 2.75) is 13.2 Å². The molecule has 0 amide bonds. The lowest BCUT2D eigenvalue weighted by molar-refractivity contribution is 0.284. The van der Waals surface area contributed by atoms with E-state index in [1.807, 2.05) is 36.4 Å². The van der Waals surface area contributed by atoms with E-state index in [1.165, 1.54) is 0 Å². The summed E-state index contributed by atoms with van der Waals surface area (Å²) in [6.45, 7) is 0.921. The van der Waals surface area contributed by atoms with Crippen LogP contribution in [0.5, 0.6) is 11.5 Å². The molecule has 0 atom stereocenters. The summed E-state index contributed by atoms with van der Waals surface area (Å²) in [6.07, 6.45) is 1.58. The second-order valence-corrected chi connectivity index (χ2v) is 7.06. The summed E-state index contributed by atoms with van der Waals surface area (Å²) in [5.74, 6) is 1.28. The molecule has 136 valence electrons. The van der Waals surface area contributed by atoms with Crippen LogP contribution in [0.15, 0.2) is 47.2 Å². The predicted octanol–water partition coefficient (Wildman–Crippen LogP) is 4.69. The number of nitrogens with one attached hydrogen (secondary N) is 2. The minimum atomic E-state index is 0.394. The van der Waals surface area contributed by atoms with Gasteiger partial charge in [-0.3, -0.25) is 5.10 Å². The topological polar surface area (TPSA) is 64.1 Å². The molecule has 0 unspecified atom stereocenters. The Bertz CT molecular complexity index is 960. The summed E-state index contributed by atoms with van der Waals surface area (Å²) in [4.78, 5) is 0. The van der Waals surface area contributed by atoms with Crippen molar-refractivity contribution in [3.8, 4) is 11.5 Å². The zero-order valence-corrected chi connectivity index (χ0v) is 17.0. The van der Waals surface area contributed by atoms with Crippen molar-refractivity contribution >= 4 is 39.7 Å². The molecule has 0 saturated heterocycles. The number of H-pyrrole nitrogens is 1. The van der Waals surface area contributed by atoms with Crippen molar-refractivity contribution in [1.29, 1.82) is 0 Å². The molecule has 2 aromatic carbocycles. The van der Waals surface area contributed by atoms with Crippen molar-refractivity contribution in [3.63, 3.8) is 0 Å². The zero-order valence-electron chi connectivity index (χ0n) is 13.8. The standard InChI is InChI=1S/C17H16BrClN4O2S/c1-24-15-6-12(8-21-23-10-20-22-17(23)26)14(18)7-16(15)25-9-11-3-2-4-13(19)5-11/h2-7,10,21H,8-9H2,1H3,(H,22,26). The van der Waals surface area contributed by atoms with E-state index < -0.39 is 0 Å². The summed E-state index contributed by atoms with van der Waals surface area (Å²) in [5, 5.41) is 7.24. The molecule has 2 N–H and O–H groups in total. The number of hydrogen-bond acceptors (Lipinski definition) is 5. The highest BCUT2D eigenvalue weighted by atomic mass is 79.9. The summed E-state index contributed by atoms with van der Waals surface area (Å²) in [6, 6.07) is 11.3. The molecule has 0 aliphatic carbocycles. The Balaban J connectivity index is 1.74. The van der Waals surface area contributed by atoms with Crippen LogP contribution in [0.25, 0.3) is 0 Å². The summed E-state index contributed by atoms with van der Waals surface area (Å²) >= 11 is 14.7. The van der Waals surface area contributed by atoms with E-state index in [-0.39, 0.29) is 0 Å². The molecule has 0 aliphatic rings. The quantitative estimate of drug-likeness (QED) is 0.506. The van der Waals surface area contributed by atoms with Gasteiger partial charge in [0.1, 0.15) is 12.9 Å². The van der Waals surface area contributed by atoms with E-state index in [2.05, 4.69) is 31.6 Å². The summed E-state index contributed by atoms with van der Waals surface area (Å²) in [5.41, 5.74) is 5.13. The smallest absolute Gasteiger partial charge is 0.214 e. The first-order chi connectivity index (χ1) is 12.6. The van der Waals surface area contributed by atoms with E-state index >= 15 is 0 Å². The molecule has 0 saturated carbocycles. The molecule has 3 aromatic rings. The highest BCUT2D eigenvalue weighted by Crippen LogP contribution is 2.34. The normalized spacial score (nSPS) is 10.6. The number of nitrogens with zero attached hydrogens (tertiary/aromatic N) is 2. The number of aromatic amines is 1. The van der Waals surface area contributed by atoms with Gasteiger partial charge in [-0.1, -0.05) is 39.7 Å². The third-order valence-electron chi connectivity index (χ3n) is 3.61. The van der Waals surface area contributed by atoms with Crippen LogP contribution in [-0.2, 0) is 13.2 Å². The van der Waals surface area contributed by atoms with Gasteiger partial charge in [-0.15, -0.1) is 0 Å². The minimum Gasteiger partial charge on any atom is -0.493 e. The van der Waals surface area contributed by atoms with E-state index in [1.54, 1.807) is 18.1 Å². The Hall–Kier alpha value is -2.03. The van der Waals surface area contributed by atoms with Crippen molar-refractivity contribution in [1.82, 2.24) is 14.9 Å². The minimum absolute atomic E-state index is 0.394. The fourth-order valence-electron chi connectivity index (χ4n) is 2.30. The highest BCUT2D eigenvalue weighted by molar-refractivity contribution is 9.10. The molecule has 0 bridgehead atoms. The number of rotatable bonds is 7. The van der Waals surface area contributed by atoms with Gasteiger partial charge < -0.3 is 14.9 Å². The Kier molecular flexibility index (Phi) is 6.18.